The SMILES string of the molecule is O=C(O)CC(Cc1nc(CCCc2ccc3c(n2)NCCC3)no1)c1cnn(-c2ccccc2)c1. The summed E-state index contributed by atoms with van der Waals surface area (Å²) in [5.41, 5.74) is 4.08. The predicted molar refractivity (Wildman–Crippen MR) is 130 cm³/mol. The van der Waals surface area contributed by atoms with E-state index in [0.717, 1.165) is 55.0 Å². The number of para-hydroxylation sites is 1. The minimum atomic E-state index is -0.880. The van der Waals surface area contributed by atoms with Gasteiger partial charge >= 0.3 is 5.97 Å². The number of fused-ring (bicyclic) bond motifs is 1. The van der Waals surface area contributed by atoms with Crippen molar-refractivity contribution in [3.63, 3.8) is 0 Å². The predicted octanol–water partition coefficient (Wildman–Crippen LogP) is 3.98. The van der Waals surface area contributed by atoms with E-state index in [1.165, 1.54) is 5.56 Å². The largest absolute Gasteiger partial charge is 0.481 e. The van der Waals surface area contributed by atoms with Gasteiger partial charge in [-0.2, -0.15) is 10.1 Å². The Balaban J connectivity index is 1.20. The van der Waals surface area contributed by atoms with Crippen molar-refractivity contribution in [2.75, 3.05) is 11.9 Å². The Kier molecular flexibility index (Phi) is 6.83. The maximum Gasteiger partial charge on any atom is 0.303 e. The van der Waals surface area contributed by atoms with E-state index in [1.54, 1.807) is 10.9 Å². The molecule has 0 fully saturated rings. The standard InChI is InChI=1S/C26H28N6O3/c33-25(34)15-19(20-16-28-32(17-20)22-8-2-1-3-9-22)14-24-30-23(31-35-24)10-4-7-21-12-11-18-6-5-13-27-26(18)29-21/h1-3,8-9,11-12,16-17,19H,4-7,10,13-15H2,(H,27,29)(H,33,34). The highest BCUT2D eigenvalue weighted by Gasteiger charge is 2.22. The molecule has 5 rings (SSSR count). The average molecular weight is 473 g/mol. The van der Waals surface area contributed by atoms with Crippen molar-refractivity contribution in [2.24, 2.45) is 0 Å². The van der Waals surface area contributed by atoms with Gasteiger partial charge in [0.25, 0.3) is 0 Å². The van der Waals surface area contributed by atoms with Gasteiger partial charge in [-0.1, -0.05) is 29.4 Å². The summed E-state index contributed by atoms with van der Waals surface area (Å²) in [6.45, 7) is 0.977. The van der Waals surface area contributed by atoms with Gasteiger partial charge in [-0.25, -0.2) is 9.67 Å². The summed E-state index contributed by atoms with van der Waals surface area (Å²) in [6.07, 6.45) is 8.46. The maximum atomic E-state index is 11.5. The number of hydrogen-bond donors (Lipinski definition) is 2. The highest BCUT2D eigenvalue weighted by Crippen LogP contribution is 2.25. The highest BCUT2D eigenvalue weighted by atomic mass is 16.5. The summed E-state index contributed by atoms with van der Waals surface area (Å²) in [4.78, 5) is 20.8. The van der Waals surface area contributed by atoms with Crippen LogP contribution in [-0.2, 0) is 30.5 Å². The first-order valence-corrected chi connectivity index (χ1v) is 12.0. The third kappa shape index (κ3) is 5.74. The minimum absolute atomic E-state index is 0.0454. The van der Waals surface area contributed by atoms with Crippen molar-refractivity contribution in [3.8, 4) is 5.69 Å². The van der Waals surface area contributed by atoms with Crippen LogP contribution in [0.4, 0.5) is 5.82 Å². The molecule has 3 aromatic heterocycles. The van der Waals surface area contributed by atoms with Crippen molar-refractivity contribution in [1.29, 1.82) is 0 Å². The van der Waals surface area contributed by atoms with E-state index in [1.807, 2.05) is 36.5 Å². The van der Waals surface area contributed by atoms with Crippen LogP contribution < -0.4 is 5.32 Å². The molecule has 0 amide bonds. The first kappa shape index (κ1) is 22.8. The van der Waals surface area contributed by atoms with Gasteiger partial charge in [0.05, 0.1) is 18.3 Å². The smallest absolute Gasteiger partial charge is 0.303 e. The molecule has 4 heterocycles. The van der Waals surface area contributed by atoms with E-state index >= 15 is 0 Å². The zero-order chi connectivity index (χ0) is 24.0. The summed E-state index contributed by atoms with van der Waals surface area (Å²) < 4.78 is 7.20. The second kappa shape index (κ2) is 10.5. The molecule has 1 aliphatic heterocycles. The first-order valence-electron chi connectivity index (χ1n) is 12.0. The lowest BCUT2D eigenvalue weighted by atomic mass is 9.95. The second-order valence-corrected chi connectivity index (χ2v) is 8.85. The fourth-order valence-electron chi connectivity index (χ4n) is 4.41. The van der Waals surface area contributed by atoms with Gasteiger partial charge in [-0.3, -0.25) is 4.79 Å². The van der Waals surface area contributed by atoms with Gasteiger partial charge < -0.3 is 14.9 Å². The van der Waals surface area contributed by atoms with Crippen LogP contribution in [0.1, 0.15) is 53.7 Å². The van der Waals surface area contributed by atoms with Gasteiger partial charge in [0, 0.05) is 37.2 Å². The molecule has 0 radical (unpaired) electrons. The molecule has 4 aromatic rings. The number of aryl methyl sites for hydroxylation is 3. The fourth-order valence-corrected chi connectivity index (χ4v) is 4.41. The summed E-state index contributed by atoms with van der Waals surface area (Å²) in [5, 5.41) is 21.3. The van der Waals surface area contributed by atoms with E-state index in [2.05, 4.69) is 32.7 Å². The Morgan fingerprint density at radius 2 is 2.03 bits per heavy atom. The molecule has 2 N–H and O–H groups in total. The Morgan fingerprint density at radius 1 is 1.14 bits per heavy atom. The van der Waals surface area contributed by atoms with E-state index in [4.69, 9.17) is 9.51 Å². The number of aromatic nitrogens is 5. The van der Waals surface area contributed by atoms with Gasteiger partial charge in [0.1, 0.15) is 5.82 Å². The lowest BCUT2D eigenvalue weighted by Gasteiger charge is -2.17. The number of carboxylic acids is 1. The van der Waals surface area contributed by atoms with Crippen LogP contribution in [0.2, 0.25) is 0 Å². The Labute approximate surface area is 203 Å². The van der Waals surface area contributed by atoms with Gasteiger partial charge in [0.2, 0.25) is 5.89 Å². The molecule has 1 aromatic carbocycles. The number of nitrogens with zero attached hydrogens (tertiary/aromatic N) is 5. The van der Waals surface area contributed by atoms with E-state index in [9.17, 15) is 9.90 Å². The molecule has 0 saturated carbocycles. The summed E-state index contributed by atoms with van der Waals surface area (Å²) in [7, 11) is 0. The van der Waals surface area contributed by atoms with Crippen molar-refractivity contribution >= 4 is 11.8 Å². The van der Waals surface area contributed by atoms with Crippen LogP contribution >= 0.6 is 0 Å². The zero-order valence-corrected chi connectivity index (χ0v) is 19.4. The summed E-state index contributed by atoms with van der Waals surface area (Å²) in [5.74, 6) is 0.885. The number of hydrogen-bond acceptors (Lipinski definition) is 7. The van der Waals surface area contributed by atoms with Crippen LogP contribution in [-0.4, -0.2) is 42.5 Å². The molecule has 1 aliphatic rings. The molecule has 9 heteroatoms. The molecule has 1 unspecified atom stereocenters. The van der Waals surface area contributed by atoms with Crippen molar-refractivity contribution < 1.29 is 14.4 Å². The van der Waals surface area contributed by atoms with Crippen LogP contribution in [0.15, 0.2) is 59.4 Å². The normalized spacial score (nSPS) is 13.7. The molecule has 1 atom stereocenters. The van der Waals surface area contributed by atoms with E-state index in [0.29, 0.717) is 24.6 Å². The molecular formula is C26H28N6O3. The number of aliphatic carboxylic acids is 1. The quantitative estimate of drug-likeness (QED) is 0.356. The minimum Gasteiger partial charge on any atom is -0.481 e. The van der Waals surface area contributed by atoms with Gasteiger partial charge in [-0.15, -0.1) is 0 Å². The number of anilines is 1. The van der Waals surface area contributed by atoms with Gasteiger partial charge in [-0.05, 0) is 55.0 Å². The van der Waals surface area contributed by atoms with Crippen LogP contribution in [0.3, 0.4) is 0 Å². The molecule has 180 valence electrons. The molecule has 35 heavy (non-hydrogen) atoms. The Bertz CT molecular complexity index is 1280. The monoisotopic (exact) mass is 472 g/mol. The lowest BCUT2D eigenvalue weighted by Crippen LogP contribution is -2.14. The van der Waals surface area contributed by atoms with Crippen LogP contribution in [0.5, 0.6) is 0 Å². The fraction of sp³-hybridized carbons (Fsp3) is 0.346. The Hall–Kier alpha value is -4.01. The van der Waals surface area contributed by atoms with E-state index < -0.39 is 5.97 Å². The molecule has 0 bridgehead atoms. The number of nitrogens with one attached hydrogen (secondary N) is 1. The number of carboxylic acid groups (broad SMARTS) is 1. The first-order chi connectivity index (χ1) is 17.1. The van der Waals surface area contributed by atoms with Crippen LogP contribution in [0, 0.1) is 0 Å². The molecule has 0 aliphatic carbocycles. The maximum absolute atomic E-state index is 11.5. The molecular weight excluding hydrogens is 444 g/mol. The van der Waals surface area contributed by atoms with Crippen molar-refractivity contribution in [3.05, 3.63) is 83.4 Å². The topological polar surface area (TPSA) is 119 Å². The third-order valence-corrected chi connectivity index (χ3v) is 6.23. The number of benzene rings is 1. The molecule has 9 nitrogen and oxygen atoms in total. The third-order valence-electron chi connectivity index (χ3n) is 6.23. The van der Waals surface area contributed by atoms with Gasteiger partial charge in [0.15, 0.2) is 5.82 Å². The number of rotatable bonds is 10. The van der Waals surface area contributed by atoms with Crippen molar-refractivity contribution in [1.82, 2.24) is 24.9 Å². The van der Waals surface area contributed by atoms with Crippen LogP contribution in [0.25, 0.3) is 5.69 Å². The second-order valence-electron chi connectivity index (χ2n) is 8.85. The lowest BCUT2D eigenvalue weighted by molar-refractivity contribution is -0.137. The van der Waals surface area contributed by atoms with E-state index in [-0.39, 0.29) is 12.3 Å². The molecule has 0 saturated heterocycles. The molecule has 0 spiro atoms. The van der Waals surface area contributed by atoms with Crippen molar-refractivity contribution in [2.45, 2.75) is 50.9 Å². The summed E-state index contributed by atoms with van der Waals surface area (Å²) >= 11 is 0. The Morgan fingerprint density at radius 3 is 2.89 bits per heavy atom. The summed E-state index contributed by atoms with van der Waals surface area (Å²) in [6, 6.07) is 14.0. The highest BCUT2D eigenvalue weighted by molar-refractivity contribution is 5.68. The zero-order valence-electron chi connectivity index (χ0n) is 19.4. The number of pyridine rings is 1. The average Bonchev–Trinajstić information content (AvgIpc) is 3.54. The number of carbonyl (C=O) groups is 1.